The first-order chi connectivity index (χ1) is 8.93. The van der Waals surface area contributed by atoms with Crippen molar-refractivity contribution in [1.29, 1.82) is 0 Å². The van der Waals surface area contributed by atoms with Crippen LogP contribution in [0.4, 0.5) is 0 Å². The molecule has 0 heterocycles. The molecule has 2 aromatic carbocycles. The van der Waals surface area contributed by atoms with Gasteiger partial charge in [0.2, 0.25) is 0 Å². The van der Waals surface area contributed by atoms with Crippen LogP contribution in [0.5, 0.6) is 0 Å². The van der Waals surface area contributed by atoms with Crippen LogP contribution in [0.1, 0.15) is 37.7 Å². The van der Waals surface area contributed by atoms with Gasteiger partial charge in [-0.2, -0.15) is 0 Å². The average molecular weight is 312 g/mol. The van der Waals surface area contributed by atoms with Crippen molar-refractivity contribution in [3.05, 3.63) is 48.0 Å². The topological polar surface area (TPSA) is 12.0 Å². The van der Waals surface area contributed by atoms with Gasteiger partial charge in [-0.1, -0.05) is 61.7 Å². The molecule has 0 atom stereocenters. The minimum absolute atomic E-state index is 0. The van der Waals surface area contributed by atoms with E-state index in [0.717, 1.165) is 12.6 Å². The zero-order valence-electron chi connectivity index (χ0n) is 11.7. The van der Waals surface area contributed by atoms with E-state index in [1.807, 2.05) is 0 Å². The smallest absolute Gasteiger partial charge is 0.0214 e. The Labute approximate surface area is 134 Å². The first-order valence-corrected chi connectivity index (χ1v) is 7.13. The third-order valence-electron chi connectivity index (χ3n) is 4.07. The number of rotatable bonds is 3. The predicted octanol–water partition coefficient (Wildman–Crippen LogP) is 5.11. The summed E-state index contributed by atoms with van der Waals surface area (Å²) >= 11 is 0. The molecule has 1 saturated carbocycles. The quantitative estimate of drug-likeness (QED) is 0.831. The second-order valence-electron chi connectivity index (χ2n) is 5.35. The normalized spacial score (nSPS) is 15.4. The largest absolute Gasteiger partial charge is 0.310 e. The lowest BCUT2D eigenvalue weighted by Crippen LogP contribution is -2.30. The summed E-state index contributed by atoms with van der Waals surface area (Å²) in [6.07, 6.45) is 6.92. The monoisotopic (exact) mass is 311 g/mol. The summed E-state index contributed by atoms with van der Waals surface area (Å²) in [5.74, 6) is 0. The minimum atomic E-state index is 0. The summed E-state index contributed by atoms with van der Waals surface area (Å²) < 4.78 is 0. The van der Waals surface area contributed by atoms with Crippen LogP contribution in [0.25, 0.3) is 10.8 Å². The molecular weight excluding hydrogens is 289 g/mol. The lowest BCUT2D eigenvalue weighted by atomic mass is 9.95. The van der Waals surface area contributed by atoms with Crippen LogP contribution in [0, 0.1) is 0 Å². The van der Waals surface area contributed by atoms with Crippen LogP contribution in [-0.2, 0) is 6.54 Å². The van der Waals surface area contributed by atoms with Gasteiger partial charge in [0.05, 0.1) is 0 Å². The molecule has 2 aromatic rings. The van der Waals surface area contributed by atoms with E-state index in [-0.39, 0.29) is 24.8 Å². The molecule has 1 N–H and O–H groups in total. The van der Waals surface area contributed by atoms with E-state index in [1.54, 1.807) is 0 Å². The minimum Gasteiger partial charge on any atom is -0.310 e. The van der Waals surface area contributed by atoms with Gasteiger partial charge in [0, 0.05) is 12.6 Å². The maximum Gasteiger partial charge on any atom is 0.0214 e. The molecule has 0 radical (unpaired) electrons. The number of benzene rings is 2. The molecule has 0 spiro atoms. The Morgan fingerprint density at radius 1 is 0.850 bits per heavy atom. The van der Waals surface area contributed by atoms with E-state index >= 15 is 0 Å². The highest BCUT2D eigenvalue weighted by molar-refractivity contribution is 5.86. The Hall–Kier alpha value is -0.760. The van der Waals surface area contributed by atoms with Gasteiger partial charge in [-0.15, -0.1) is 24.8 Å². The van der Waals surface area contributed by atoms with Crippen LogP contribution in [0.15, 0.2) is 42.5 Å². The highest BCUT2D eigenvalue weighted by Crippen LogP contribution is 2.21. The highest BCUT2D eigenvalue weighted by Gasteiger charge is 2.12. The van der Waals surface area contributed by atoms with Gasteiger partial charge in [0.15, 0.2) is 0 Å². The molecule has 0 unspecified atom stereocenters. The van der Waals surface area contributed by atoms with Crippen LogP contribution < -0.4 is 5.32 Å². The number of fused-ring (bicyclic) bond motifs is 1. The van der Waals surface area contributed by atoms with Crippen LogP contribution in [-0.4, -0.2) is 6.04 Å². The summed E-state index contributed by atoms with van der Waals surface area (Å²) in [5.41, 5.74) is 1.43. The fraction of sp³-hybridized carbons (Fsp3) is 0.412. The van der Waals surface area contributed by atoms with Gasteiger partial charge in [-0.25, -0.2) is 0 Å². The SMILES string of the molecule is Cl.Cl.c1ccc2c(CNC3CCCCC3)cccc2c1. The van der Waals surface area contributed by atoms with Crippen molar-refractivity contribution in [1.82, 2.24) is 5.32 Å². The van der Waals surface area contributed by atoms with Crippen molar-refractivity contribution in [2.75, 3.05) is 0 Å². The summed E-state index contributed by atoms with van der Waals surface area (Å²) in [6, 6.07) is 16.0. The van der Waals surface area contributed by atoms with E-state index in [9.17, 15) is 0 Å². The van der Waals surface area contributed by atoms with Gasteiger partial charge in [0.1, 0.15) is 0 Å². The molecular formula is C17H23Cl2N. The van der Waals surface area contributed by atoms with E-state index in [1.165, 1.54) is 48.4 Å². The number of hydrogen-bond acceptors (Lipinski definition) is 1. The second-order valence-corrected chi connectivity index (χ2v) is 5.35. The maximum atomic E-state index is 3.73. The van der Waals surface area contributed by atoms with Crippen molar-refractivity contribution < 1.29 is 0 Å². The molecule has 20 heavy (non-hydrogen) atoms. The van der Waals surface area contributed by atoms with E-state index in [4.69, 9.17) is 0 Å². The van der Waals surface area contributed by atoms with E-state index in [0.29, 0.717) is 0 Å². The fourth-order valence-corrected chi connectivity index (χ4v) is 3.01. The molecule has 0 aromatic heterocycles. The second kappa shape index (κ2) is 8.51. The Bertz CT molecular complexity index is 516. The molecule has 3 heteroatoms. The number of nitrogens with one attached hydrogen (secondary N) is 1. The van der Waals surface area contributed by atoms with Crippen LogP contribution in [0.3, 0.4) is 0 Å². The van der Waals surface area contributed by atoms with E-state index in [2.05, 4.69) is 47.8 Å². The third-order valence-corrected chi connectivity index (χ3v) is 4.07. The first-order valence-electron chi connectivity index (χ1n) is 7.13. The average Bonchev–Trinajstić information content (AvgIpc) is 2.46. The molecule has 1 aliphatic carbocycles. The Morgan fingerprint density at radius 2 is 1.55 bits per heavy atom. The molecule has 1 aliphatic rings. The van der Waals surface area contributed by atoms with Gasteiger partial charge in [-0.3, -0.25) is 0 Å². The summed E-state index contributed by atoms with van der Waals surface area (Å²) in [5, 5.41) is 6.47. The van der Waals surface area contributed by atoms with Gasteiger partial charge in [-0.05, 0) is 29.2 Å². The third kappa shape index (κ3) is 4.12. The molecule has 0 bridgehead atoms. The van der Waals surface area contributed by atoms with Crippen molar-refractivity contribution in [3.63, 3.8) is 0 Å². The van der Waals surface area contributed by atoms with Crippen LogP contribution in [0.2, 0.25) is 0 Å². The van der Waals surface area contributed by atoms with Gasteiger partial charge in [0.25, 0.3) is 0 Å². The fourth-order valence-electron chi connectivity index (χ4n) is 3.01. The molecule has 1 fully saturated rings. The lowest BCUT2D eigenvalue weighted by molar-refractivity contribution is 0.373. The number of halogens is 2. The first kappa shape index (κ1) is 17.3. The highest BCUT2D eigenvalue weighted by atomic mass is 35.5. The number of hydrogen-bond donors (Lipinski definition) is 1. The standard InChI is InChI=1S/C17H21N.2ClH/c1-2-10-16(11-3-1)18-13-15-9-6-8-14-7-4-5-12-17(14)15;;/h4-9,12,16,18H,1-3,10-11,13H2;2*1H. The molecule has 0 saturated heterocycles. The molecule has 110 valence electrons. The van der Waals surface area contributed by atoms with Crippen LogP contribution >= 0.6 is 24.8 Å². The lowest BCUT2D eigenvalue weighted by Gasteiger charge is -2.23. The van der Waals surface area contributed by atoms with Crippen molar-refractivity contribution in [2.24, 2.45) is 0 Å². The zero-order valence-corrected chi connectivity index (χ0v) is 13.3. The summed E-state index contributed by atoms with van der Waals surface area (Å²) in [6.45, 7) is 1.01. The summed E-state index contributed by atoms with van der Waals surface area (Å²) in [7, 11) is 0. The Morgan fingerprint density at radius 3 is 2.35 bits per heavy atom. The van der Waals surface area contributed by atoms with E-state index < -0.39 is 0 Å². The molecule has 1 nitrogen and oxygen atoms in total. The van der Waals surface area contributed by atoms with Crippen molar-refractivity contribution in [2.45, 2.75) is 44.7 Å². The predicted molar refractivity (Wildman–Crippen MR) is 92.2 cm³/mol. The van der Waals surface area contributed by atoms with Gasteiger partial charge < -0.3 is 5.32 Å². The Balaban J connectivity index is 0.000001000. The van der Waals surface area contributed by atoms with Crippen molar-refractivity contribution >= 4 is 35.6 Å². The Kier molecular flexibility index (Phi) is 7.36. The molecule has 3 rings (SSSR count). The molecule has 0 aliphatic heterocycles. The maximum absolute atomic E-state index is 3.73. The van der Waals surface area contributed by atoms with Gasteiger partial charge >= 0.3 is 0 Å². The van der Waals surface area contributed by atoms with Crippen molar-refractivity contribution in [3.8, 4) is 0 Å². The summed E-state index contributed by atoms with van der Waals surface area (Å²) in [4.78, 5) is 0. The molecule has 0 amide bonds. The zero-order chi connectivity index (χ0) is 12.2.